The Morgan fingerprint density at radius 2 is 2.00 bits per heavy atom. The van der Waals surface area contributed by atoms with Gasteiger partial charge in [-0.25, -0.2) is 0 Å². The predicted molar refractivity (Wildman–Crippen MR) is 48.9 cm³/mol. The molecule has 12 heavy (non-hydrogen) atoms. The van der Waals surface area contributed by atoms with Crippen molar-refractivity contribution in [2.45, 2.75) is 38.8 Å². The van der Waals surface area contributed by atoms with Gasteiger partial charge in [0.2, 0.25) is 5.91 Å². The van der Waals surface area contributed by atoms with Crippen molar-refractivity contribution in [1.82, 2.24) is 10.6 Å². The Balaban J connectivity index is 2.42. The predicted octanol–water partition coefficient (Wildman–Crippen LogP) is 0.509. The Kier molecular flexibility index (Phi) is 3.09. The highest BCUT2D eigenvalue weighted by Crippen LogP contribution is 2.32. The molecule has 0 bridgehead atoms. The molecule has 0 aromatic rings. The molecule has 1 amide bonds. The number of hydrogen-bond donors (Lipinski definition) is 2. The number of likely N-dealkylation sites (N-methyl/N-ethyl adjacent to an activating group) is 1. The van der Waals surface area contributed by atoms with Crippen molar-refractivity contribution in [2.75, 3.05) is 7.05 Å². The van der Waals surface area contributed by atoms with Crippen LogP contribution in [0.25, 0.3) is 0 Å². The molecule has 1 aliphatic carbocycles. The zero-order valence-electron chi connectivity index (χ0n) is 8.05. The summed E-state index contributed by atoms with van der Waals surface area (Å²) in [5.74, 6) is 0.707. The van der Waals surface area contributed by atoms with Crippen LogP contribution in [-0.2, 0) is 4.79 Å². The van der Waals surface area contributed by atoms with Gasteiger partial charge in [0.15, 0.2) is 0 Å². The fourth-order valence-electron chi connectivity index (χ4n) is 1.37. The van der Waals surface area contributed by atoms with Crippen molar-refractivity contribution in [3.8, 4) is 0 Å². The largest absolute Gasteiger partial charge is 0.358 e. The summed E-state index contributed by atoms with van der Waals surface area (Å²) in [6.07, 6.45) is 2.38. The topological polar surface area (TPSA) is 41.1 Å². The second-order valence-electron chi connectivity index (χ2n) is 3.75. The molecule has 1 atom stereocenters. The molecule has 1 rings (SSSR count). The molecule has 0 saturated heterocycles. The molecule has 2 N–H and O–H groups in total. The van der Waals surface area contributed by atoms with Gasteiger partial charge in [-0.2, -0.15) is 0 Å². The summed E-state index contributed by atoms with van der Waals surface area (Å²) < 4.78 is 0. The third-order valence-corrected chi connectivity index (χ3v) is 2.14. The molecular formula is C9H18N2O. The molecule has 0 aromatic heterocycles. The summed E-state index contributed by atoms with van der Waals surface area (Å²) in [5.41, 5.74) is 0. The van der Waals surface area contributed by atoms with E-state index in [0.29, 0.717) is 12.0 Å². The van der Waals surface area contributed by atoms with Crippen LogP contribution in [0.5, 0.6) is 0 Å². The summed E-state index contributed by atoms with van der Waals surface area (Å²) in [6.45, 7) is 4.14. The summed E-state index contributed by atoms with van der Waals surface area (Å²) in [4.78, 5) is 11.4. The molecular weight excluding hydrogens is 152 g/mol. The van der Waals surface area contributed by atoms with Gasteiger partial charge < -0.3 is 10.6 Å². The number of carbonyl (C=O) groups excluding carboxylic acids is 1. The maximum absolute atomic E-state index is 11.4. The standard InChI is InChI=1S/C9H18N2O/c1-6(2)11-8(7-4-5-7)9(12)10-3/h6-8,11H,4-5H2,1-3H3,(H,10,12)/t8-/m0/s1. The molecule has 1 aliphatic rings. The fraction of sp³-hybridized carbons (Fsp3) is 0.889. The van der Waals surface area contributed by atoms with Gasteiger partial charge in [-0.1, -0.05) is 13.8 Å². The Morgan fingerprint density at radius 3 is 2.33 bits per heavy atom. The minimum absolute atomic E-state index is 0.0370. The Morgan fingerprint density at radius 1 is 1.42 bits per heavy atom. The molecule has 0 aliphatic heterocycles. The molecule has 70 valence electrons. The zero-order valence-corrected chi connectivity index (χ0v) is 8.05. The maximum Gasteiger partial charge on any atom is 0.237 e. The molecule has 3 nitrogen and oxygen atoms in total. The van der Waals surface area contributed by atoms with E-state index in [-0.39, 0.29) is 11.9 Å². The second-order valence-corrected chi connectivity index (χ2v) is 3.75. The normalized spacial score (nSPS) is 19.3. The molecule has 1 fully saturated rings. The van der Waals surface area contributed by atoms with Crippen molar-refractivity contribution in [2.24, 2.45) is 5.92 Å². The second kappa shape index (κ2) is 3.90. The third-order valence-electron chi connectivity index (χ3n) is 2.14. The van der Waals surface area contributed by atoms with Crippen LogP contribution in [-0.4, -0.2) is 25.0 Å². The maximum atomic E-state index is 11.4. The molecule has 0 unspecified atom stereocenters. The first-order valence-corrected chi connectivity index (χ1v) is 4.62. The van der Waals surface area contributed by atoms with Crippen molar-refractivity contribution in [1.29, 1.82) is 0 Å². The lowest BCUT2D eigenvalue weighted by atomic mass is 10.1. The molecule has 0 radical (unpaired) electrons. The molecule has 0 spiro atoms. The van der Waals surface area contributed by atoms with Gasteiger partial charge in [-0.05, 0) is 18.8 Å². The first kappa shape index (κ1) is 9.52. The van der Waals surface area contributed by atoms with Crippen LogP contribution < -0.4 is 10.6 Å². The Bertz CT molecular complexity index is 164. The van der Waals surface area contributed by atoms with Crippen molar-refractivity contribution < 1.29 is 4.79 Å². The first-order valence-electron chi connectivity index (χ1n) is 4.62. The lowest BCUT2D eigenvalue weighted by Crippen LogP contribution is -2.47. The average molecular weight is 170 g/mol. The van der Waals surface area contributed by atoms with Crippen LogP contribution in [0.3, 0.4) is 0 Å². The molecule has 0 heterocycles. The Labute approximate surface area is 73.9 Å². The minimum Gasteiger partial charge on any atom is -0.358 e. The summed E-state index contributed by atoms with van der Waals surface area (Å²) in [7, 11) is 1.69. The highest BCUT2D eigenvalue weighted by Gasteiger charge is 2.35. The fourth-order valence-corrected chi connectivity index (χ4v) is 1.37. The van der Waals surface area contributed by atoms with Crippen LogP contribution in [0.15, 0.2) is 0 Å². The van der Waals surface area contributed by atoms with E-state index in [2.05, 4.69) is 24.5 Å². The van der Waals surface area contributed by atoms with Crippen LogP contribution in [0.4, 0.5) is 0 Å². The number of rotatable bonds is 4. The van der Waals surface area contributed by atoms with Gasteiger partial charge in [0, 0.05) is 13.1 Å². The van der Waals surface area contributed by atoms with Gasteiger partial charge >= 0.3 is 0 Å². The van der Waals surface area contributed by atoms with Crippen molar-refractivity contribution in [3.05, 3.63) is 0 Å². The lowest BCUT2D eigenvalue weighted by Gasteiger charge is -2.18. The van der Waals surface area contributed by atoms with E-state index >= 15 is 0 Å². The number of amides is 1. The summed E-state index contributed by atoms with van der Waals surface area (Å²) in [5, 5.41) is 5.97. The lowest BCUT2D eigenvalue weighted by molar-refractivity contribution is -0.123. The quantitative estimate of drug-likeness (QED) is 0.645. The highest BCUT2D eigenvalue weighted by molar-refractivity contribution is 5.82. The van der Waals surface area contributed by atoms with Crippen molar-refractivity contribution >= 4 is 5.91 Å². The number of carbonyl (C=O) groups is 1. The van der Waals surface area contributed by atoms with Crippen molar-refractivity contribution in [3.63, 3.8) is 0 Å². The van der Waals surface area contributed by atoms with Crippen LogP contribution >= 0.6 is 0 Å². The van der Waals surface area contributed by atoms with E-state index in [1.807, 2.05) is 0 Å². The summed E-state index contributed by atoms with van der Waals surface area (Å²) in [6, 6.07) is 0.419. The smallest absolute Gasteiger partial charge is 0.237 e. The van der Waals surface area contributed by atoms with E-state index in [1.165, 1.54) is 12.8 Å². The number of nitrogens with one attached hydrogen (secondary N) is 2. The molecule has 0 aromatic carbocycles. The van der Waals surface area contributed by atoms with Crippen LogP contribution in [0.2, 0.25) is 0 Å². The van der Waals surface area contributed by atoms with Crippen LogP contribution in [0.1, 0.15) is 26.7 Å². The van der Waals surface area contributed by atoms with E-state index in [1.54, 1.807) is 7.05 Å². The SMILES string of the molecule is CNC(=O)[C@@H](NC(C)C)C1CC1. The van der Waals surface area contributed by atoms with E-state index in [9.17, 15) is 4.79 Å². The van der Waals surface area contributed by atoms with E-state index in [0.717, 1.165) is 0 Å². The van der Waals surface area contributed by atoms with E-state index < -0.39 is 0 Å². The Hall–Kier alpha value is -0.570. The zero-order chi connectivity index (χ0) is 9.14. The van der Waals surface area contributed by atoms with Gasteiger partial charge in [-0.3, -0.25) is 4.79 Å². The third kappa shape index (κ3) is 2.48. The molecule has 3 heteroatoms. The van der Waals surface area contributed by atoms with Gasteiger partial charge in [0.1, 0.15) is 0 Å². The number of hydrogen-bond acceptors (Lipinski definition) is 2. The minimum atomic E-state index is 0.0370. The highest BCUT2D eigenvalue weighted by atomic mass is 16.2. The van der Waals surface area contributed by atoms with Crippen LogP contribution in [0, 0.1) is 5.92 Å². The van der Waals surface area contributed by atoms with Gasteiger partial charge in [0.25, 0.3) is 0 Å². The summed E-state index contributed by atoms with van der Waals surface area (Å²) >= 11 is 0. The van der Waals surface area contributed by atoms with Gasteiger partial charge in [-0.15, -0.1) is 0 Å². The average Bonchev–Trinajstić information content (AvgIpc) is 2.81. The molecule has 1 saturated carbocycles. The first-order chi connectivity index (χ1) is 5.65. The van der Waals surface area contributed by atoms with E-state index in [4.69, 9.17) is 0 Å². The monoisotopic (exact) mass is 170 g/mol. The van der Waals surface area contributed by atoms with Gasteiger partial charge in [0.05, 0.1) is 6.04 Å².